The molecule has 0 amide bonds. The Balaban J connectivity index is 2.04. The van der Waals surface area contributed by atoms with Gasteiger partial charge >= 0.3 is 5.97 Å². The molecule has 1 aromatic heterocycles. The summed E-state index contributed by atoms with van der Waals surface area (Å²) in [5.74, 6) is -0.774. The van der Waals surface area contributed by atoms with Crippen LogP contribution in [0.5, 0.6) is 0 Å². The van der Waals surface area contributed by atoms with Crippen molar-refractivity contribution < 1.29 is 9.53 Å². The fraction of sp³-hybridized carbons (Fsp3) is 0.182. The molecule has 132 valence electrons. The van der Waals surface area contributed by atoms with Crippen LogP contribution in [0.1, 0.15) is 30.1 Å². The van der Waals surface area contributed by atoms with Crippen molar-refractivity contribution in [3.8, 4) is 0 Å². The molecular formula is C22H22N2O2. The van der Waals surface area contributed by atoms with Gasteiger partial charge in [-0.05, 0) is 36.8 Å². The predicted octanol–water partition coefficient (Wildman–Crippen LogP) is 4.58. The van der Waals surface area contributed by atoms with Crippen LogP contribution in [0.4, 0.5) is 5.69 Å². The molecule has 0 spiro atoms. The Morgan fingerprint density at radius 3 is 2.23 bits per heavy atom. The SMILES string of the molecule is CCOC(=O)[C@@H](c1ccccc1)[C@H](Nc1ccccc1)c1ccccn1. The van der Waals surface area contributed by atoms with E-state index in [0.717, 1.165) is 16.9 Å². The molecule has 0 bridgehead atoms. The number of hydrogen-bond acceptors (Lipinski definition) is 4. The van der Waals surface area contributed by atoms with Crippen molar-refractivity contribution in [3.05, 3.63) is 96.3 Å². The van der Waals surface area contributed by atoms with Gasteiger partial charge in [0.05, 0.1) is 18.3 Å². The molecule has 26 heavy (non-hydrogen) atoms. The maximum atomic E-state index is 12.9. The number of benzene rings is 2. The van der Waals surface area contributed by atoms with Crippen LogP contribution in [0.25, 0.3) is 0 Å². The van der Waals surface area contributed by atoms with E-state index in [9.17, 15) is 4.79 Å². The van der Waals surface area contributed by atoms with Crippen LogP contribution >= 0.6 is 0 Å². The number of aromatic nitrogens is 1. The number of nitrogens with one attached hydrogen (secondary N) is 1. The van der Waals surface area contributed by atoms with E-state index < -0.39 is 5.92 Å². The van der Waals surface area contributed by atoms with Crippen molar-refractivity contribution >= 4 is 11.7 Å². The van der Waals surface area contributed by atoms with E-state index in [4.69, 9.17) is 4.74 Å². The van der Waals surface area contributed by atoms with E-state index in [1.165, 1.54) is 0 Å². The van der Waals surface area contributed by atoms with Gasteiger partial charge < -0.3 is 10.1 Å². The van der Waals surface area contributed by atoms with Crippen molar-refractivity contribution in [1.82, 2.24) is 4.98 Å². The Morgan fingerprint density at radius 1 is 0.962 bits per heavy atom. The first kappa shape index (κ1) is 17.7. The molecule has 2 aromatic carbocycles. The monoisotopic (exact) mass is 346 g/mol. The molecule has 0 aliphatic rings. The summed E-state index contributed by atoms with van der Waals surface area (Å²) in [6, 6.07) is 24.9. The van der Waals surface area contributed by atoms with Crippen molar-refractivity contribution in [1.29, 1.82) is 0 Å². The summed E-state index contributed by atoms with van der Waals surface area (Å²) in [4.78, 5) is 17.4. The number of anilines is 1. The molecule has 1 N–H and O–H groups in total. The van der Waals surface area contributed by atoms with Crippen LogP contribution in [-0.4, -0.2) is 17.6 Å². The molecule has 1 heterocycles. The van der Waals surface area contributed by atoms with Gasteiger partial charge in [-0.1, -0.05) is 54.6 Å². The van der Waals surface area contributed by atoms with E-state index in [2.05, 4.69) is 10.3 Å². The zero-order valence-corrected chi connectivity index (χ0v) is 14.7. The van der Waals surface area contributed by atoms with Crippen LogP contribution in [0.3, 0.4) is 0 Å². The Hall–Kier alpha value is -3.14. The molecule has 0 aliphatic carbocycles. The third-order valence-electron chi connectivity index (χ3n) is 4.13. The molecule has 4 heteroatoms. The number of ether oxygens (including phenoxy) is 1. The minimum absolute atomic E-state index is 0.266. The van der Waals surface area contributed by atoms with Crippen LogP contribution in [0.15, 0.2) is 85.1 Å². The van der Waals surface area contributed by atoms with Gasteiger partial charge in [0.2, 0.25) is 0 Å². The first-order chi connectivity index (χ1) is 12.8. The Bertz CT molecular complexity index is 807. The maximum Gasteiger partial charge on any atom is 0.315 e. The summed E-state index contributed by atoms with van der Waals surface area (Å²) < 4.78 is 5.39. The maximum absolute atomic E-state index is 12.9. The number of para-hydroxylation sites is 1. The van der Waals surface area contributed by atoms with Gasteiger partial charge in [0.15, 0.2) is 0 Å². The Morgan fingerprint density at radius 2 is 1.62 bits per heavy atom. The van der Waals surface area contributed by atoms with Crippen LogP contribution < -0.4 is 5.32 Å². The molecule has 0 saturated carbocycles. The average molecular weight is 346 g/mol. The van der Waals surface area contributed by atoms with Crippen LogP contribution in [-0.2, 0) is 9.53 Å². The average Bonchev–Trinajstić information content (AvgIpc) is 2.70. The van der Waals surface area contributed by atoms with Crippen molar-refractivity contribution in [3.63, 3.8) is 0 Å². The number of pyridine rings is 1. The molecule has 2 atom stereocenters. The number of rotatable bonds is 7. The summed E-state index contributed by atoms with van der Waals surface area (Å²) in [5.41, 5.74) is 2.61. The smallest absolute Gasteiger partial charge is 0.315 e. The topological polar surface area (TPSA) is 51.2 Å². The second-order valence-corrected chi connectivity index (χ2v) is 5.88. The number of carbonyl (C=O) groups excluding carboxylic acids is 1. The lowest BCUT2D eigenvalue weighted by atomic mass is 9.88. The fourth-order valence-electron chi connectivity index (χ4n) is 2.96. The Labute approximate surface area is 153 Å². The zero-order valence-electron chi connectivity index (χ0n) is 14.7. The van der Waals surface area contributed by atoms with E-state index in [1.54, 1.807) is 6.20 Å². The molecule has 0 aliphatic heterocycles. The number of carbonyl (C=O) groups is 1. The number of nitrogens with zero attached hydrogens (tertiary/aromatic N) is 1. The molecule has 0 unspecified atom stereocenters. The molecule has 0 saturated heterocycles. The lowest BCUT2D eigenvalue weighted by Gasteiger charge is -2.27. The third kappa shape index (κ3) is 4.28. The largest absolute Gasteiger partial charge is 0.465 e. The van der Waals surface area contributed by atoms with Gasteiger partial charge in [-0.25, -0.2) is 0 Å². The third-order valence-corrected chi connectivity index (χ3v) is 4.13. The van der Waals surface area contributed by atoms with Gasteiger partial charge in [0, 0.05) is 11.9 Å². The summed E-state index contributed by atoms with van der Waals surface area (Å²) in [6.07, 6.45) is 1.74. The molecule has 0 radical (unpaired) electrons. The zero-order chi connectivity index (χ0) is 18.2. The number of hydrogen-bond donors (Lipinski definition) is 1. The van der Waals surface area contributed by atoms with Crippen LogP contribution in [0, 0.1) is 0 Å². The highest BCUT2D eigenvalue weighted by Crippen LogP contribution is 2.34. The first-order valence-electron chi connectivity index (χ1n) is 8.73. The minimum atomic E-state index is -0.508. The predicted molar refractivity (Wildman–Crippen MR) is 103 cm³/mol. The molecule has 4 nitrogen and oxygen atoms in total. The van der Waals surface area contributed by atoms with Crippen LogP contribution in [0.2, 0.25) is 0 Å². The molecule has 0 fully saturated rings. The van der Waals surface area contributed by atoms with E-state index >= 15 is 0 Å². The Kier molecular flexibility index (Phi) is 5.99. The highest BCUT2D eigenvalue weighted by atomic mass is 16.5. The van der Waals surface area contributed by atoms with Crippen molar-refractivity contribution in [2.75, 3.05) is 11.9 Å². The highest BCUT2D eigenvalue weighted by Gasteiger charge is 2.33. The van der Waals surface area contributed by atoms with Gasteiger partial charge in [0.1, 0.15) is 5.92 Å². The standard InChI is InChI=1S/C22H22N2O2/c1-2-26-22(25)20(17-11-5-3-6-12-17)21(19-15-9-10-16-23-19)24-18-13-7-4-8-14-18/h3-16,20-21,24H,2H2,1H3/t20-,21+/m0/s1. The molecule has 3 rings (SSSR count). The summed E-state index contributed by atoms with van der Waals surface area (Å²) in [5, 5.41) is 3.47. The summed E-state index contributed by atoms with van der Waals surface area (Å²) >= 11 is 0. The van der Waals surface area contributed by atoms with E-state index in [1.807, 2.05) is 85.8 Å². The van der Waals surface area contributed by atoms with Gasteiger partial charge in [0.25, 0.3) is 0 Å². The minimum Gasteiger partial charge on any atom is -0.465 e. The molecular weight excluding hydrogens is 324 g/mol. The molecule has 3 aromatic rings. The summed E-state index contributed by atoms with van der Waals surface area (Å²) in [7, 11) is 0. The fourth-order valence-corrected chi connectivity index (χ4v) is 2.96. The normalized spacial score (nSPS) is 12.8. The number of esters is 1. The van der Waals surface area contributed by atoms with Gasteiger partial charge in [-0.15, -0.1) is 0 Å². The first-order valence-corrected chi connectivity index (χ1v) is 8.73. The highest BCUT2D eigenvalue weighted by molar-refractivity contribution is 5.80. The lowest BCUT2D eigenvalue weighted by molar-refractivity contribution is -0.145. The van der Waals surface area contributed by atoms with Gasteiger partial charge in [-0.3, -0.25) is 9.78 Å². The summed E-state index contributed by atoms with van der Waals surface area (Å²) in [6.45, 7) is 2.16. The quantitative estimate of drug-likeness (QED) is 0.636. The van der Waals surface area contributed by atoms with Gasteiger partial charge in [-0.2, -0.15) is 0 Å². The van der Waals surface area contributed by atoms with E-state index in [-0.39, 0.29) is 12.0 Å². The second-order valence-electron chi connectivity index (χ2n) is 5.88. The second kappa shape index (κ2) is 8.81. The van der Waals surface area contributed by atoms with Crippen molar-refractivity contribution in [2.45, 2.75) is 18.9 Å². The van der Waals surface area contributed by atoms with Crippen molar-refractivity contribution in [2.24, 2.45) is 0 Å². The van der Waals surface area contributed by atoms with E-state index in [0.29, 0.717) is 6.61 Å². The lowest BCUT2D eigenvalue weighted by Crippen LogP contribution is -2.28.